The molecule has 1 atom stereocenters. The summed E-state index contributed by atoms with van der Waals surface area (Å²) in [5.74, 6) is -0.228. The zero-order valence-corrected chi connectivity index (χ0v) is 13.6. The molecule has 1 N–H and O–H groups in total. The molecule has 1 nitrogen and oxygen atoms in total. The van der Waals surface area contributed by atoms with Crippen LogP contribution in [0.15, 0.2) is 36.4 Å². The summed E-state index contributed by atoms with van der Waals surface area (Å²) in [7, 11) is 0. The maximum Gasteiger partial charge on any atom is 0.123 e. The van der Waals surface area contributed by atoms with E-state index in [1.807, 2.05) is 25.1 Å². The quantitative estimate of drug-likeness (QED) is 0.762. The molecule has 0 radical (unpaired) electrons. The van der Waals surface area contributed by atoms with Crippen molar-refractivity contribution in [2.75, 3.05) is 6.54 Å². The zero-order valence-electron chi connectivity index (χ0n) is 12.1. The van der Waals surface area contributed by atoms with Crippen molar-refractivity contribution in [2.45, 2.75) is 26.3 Å². The van der Waals surface area contributed by atoms with Crippen molar-refractivity contribution in [3.05, 3.63) is 69.0 Å². The third kappa shape index (κ3) is 4.19. The lowest BCUT2D eigenvalue weighted by atomic mass is 9.97. The minimum absolute atomic E-state index is 0.103. The van der Waals surface area contributed by atoms with Crippen LogP contribution >= 0.6 is 23.2 Å². The van der Waals surface area contributed by atoms with Crippen molar-refractivity contribution in [1.29, 1.82) is 0 Å². The lowest BCUT2D eigenvalue weighted by molar-refractivity contribution is 0.584. The van der Waals surface area contributed by atoms with Gasteiger partial charge in [0, 0.05) is 0 Å². The van der Waals surface area contributed by atoms with Crippen molar-refractivity contribution in [3.8, 4) is 0 Å². The van der Waals surface area contributed by atoms with Crippen LogP contribution in [-0.2, 0) is 0 Å². The maximum atomic E-state index is 13.7. The third-order valence-electron chi connectivity index (χ3n) is 3.27. The summed E-state index contributed by atoms with van der Waals surface area (Å²) in [6.07, 6.45) is 0.992. The first kappa shape index (κ1) is 16.3. The summed E-state index contributed by atoms with van der Waals surface area (Å²) in [5.41, 5.74) is 2.76. The van der Waals surface area contributed by atoms with Crippen LogP contribution in [0.4, 0.5) is 4.39 Å². The topological polar surface area (TPSA) is 12.0 Å². The van der Waals surface area contributed by atoms with Crippen molar-refractivity contribution >= 4 is 23.2 Å². The molecule has 4 heteroatoms. The average molecular weight is 326 g/mol. The first-order valence-electron chi connectivity index (χ1n) is 6.96. The average Bonchev–Trinajstić information content (AvgIpc) is 2.42. The normalized spacial score (nSPS) is 12.4. The van der Waals surface area contributed by atoms with E-state index in [4.69, 9.17) is 23.2 Å². The Morgan fingerprint density at radius 2 is 1.81 bits per heavy atom. The fraction of sp³-hybridized carbons (Fsp3) is 0.294. The first-order valence-corrected chi connectivity index (χ1v) is 7.72. The van der Waals surface area contributed by atoms with E-state index in [0.717, 1.165) is 29.7 Å². The number of benzene rings is 2. The van der Waals surface area contributed by atoms with Crippen LogP contribution in [0.2, 0.25) is 10.0 Å². The molecule has 0 aliphatic rings. The first-order chi connectivity index (χ1) is 10.0. The highest BCUT2D eigenvalue weighted by molar-refractivity contribution is 6.42. The van der Waals surface area contributed by atoms with E-state index in [-0.39, 0.29) is 11.9 Å². The molecule has 112 valence electrons. The molecule has 21 heavy (non-hydrogen) atoms. The van der Waals surface area contributed by atoms with Gasteiger partial charge in [-0.3, -0.25) is 0 Å². The Labute approximate surface area is 135 Å². The Bertz CT molecular complexity index is 608. The second kappa shape index (κ2) is 7.26. The number of nitrogens with one attached hydrogen (secondary N) is 1. The van der Waals surface area contributed by atoms with Crippen LogP contribution in [0.25, 0.3) is 0 Å². The molecule has 0 amide bonds. The van der Waals surface area contributed by atoms with Gasteiger partial charge in [-0.1, -0.05) is 42.3 Å². The molecule has 0 heterocycles. The molecule has 0 saturated heterocycles. The Balaban J connectivity index is 2.43. The lowest BCUT2D eigenvalue weighted by Gasteiger charge is -2.20. The Morgan fingerprint density at radius 3 is 2.43 bits per heavy atom. The maximum absolute atomic E-state index is 13.7. The highest BCUT2D eigenvalue weighted by Crippen LogP contribution is 2.29. The molecule has 0 fully saturated rings. The van der Waals surface area contributed by atoms with Crippen LogP contribution in [0, 0.1) is 12.7 Å². The van der Waals surface area contributed by atoms with Gasteiger partial charge in [0.15, 0.2) is 0 Å². The highest BCUT2D eigenvalue weighted by atomic mass is 35.5. The van der Waals surface area contributed by atoms with E-state index in [1.54, 1.807) is 12.1 Å². The van der Waals surface area contributed by atoms with Gasteiger partial charge in [0.25, 0.3) is 0 Å². The van der Waals surface area contributed by atoms with E-state index >= 15 is 0 Å². The second-order valence-corrected chi connectivity index (χ2v) is 5.94. The second-order valence-electron chi connectivity index (χ2n) is 5.12. The van der Waals surface area contributed by atoms with Gasteiger partial charge in [0.1, 0.15) is 5.82 Å². The van der Waals surface area contributed by atoms with Gasteiger partial charge in [-0.15, -0.1) is 0 Å². The van der Waals surface area contributed by atoms with Gasteiger partial charge < -0.3 is 5.32 Å². The highest BCUT2D eigenvalue weighted by Gasteiger charge is 2.15. The van der Waals surface area contributed by atoms with E-state index < -0.39 is 0 Å². The Hall–Kier alpha value is -1.09. The van der Waals surface area contributed by atoms with Gasteiger partial charge in [-0.05, 0) is 60.8 Å². The van der Waals surface area contributed by atoms with Crippen LogP contribution in [0.3, 0.4) is 0 Å². The van der Waals surface area contributed by atoms with Crippen molar-refractivity contribution in [1.82, 2.24) is 5.32 Å². The van der Waals surface area contributed by atoms with Crippen LogP contribution in [-0.4, -0.2) is 6.54 Å². The summed E-state index contributed by atoms with van der Waals surface area (Å²) in [6, 6.07) is 10.5. The number of halogens is 3. The molecule has 2 aromatic carbocycles. The number of hydrogen-bond acceptors (Lipinski definition) is 1. The summed E-state index contributed by atoms with van der Waals surface area (Å²) in [6.45, 7) is 4.81. The molecule has 0 aliphatic carbocycles. The SMILES string of the molecule is CCCNC(c1cc(C)cc(F)c1)c1ccc(Cl)c(Cl)c1. The third-order valence-corrected chi connectivity index (χ3v) is 4.01. The largest absolute Gasteiger partial charge is 0.306 e. The summed E-state index contributed by atoms with van der Waals surface area (Å²) >= 11 is 12.1. The molecular formula is C17H18Cl2FN. The van der Waals surface area contributed by atoms with Crippen molar-refractivity contribution in [3.63, 3.8) is 0 Å². The van der Waals surface area contributed by atoms with Gasteiger partial charge in [0.2, 0.25) is 0 Å². The minimum Gasteiger partial charge on any atom is -0.306 e. The van der Waals surface area contributed by atoms with Crippen LogP contribution < -0.4 is 5.32 Å². The van der Waals surface area contributed by atoms with E-state index in [2.05, 4.69) is 12.2 Å². The summed E-state index contributed by atoms with van der Waals surface area (Å²) in [4.78, 5) is 0. The molecule has 0 aromatic heterocycles. The lowest BCUT2D eigenvalue weighted by Crippen LogP contribution is -2.23. The fourth-order valence-corrected chi connectivity index (χ4v) is 2.65. The zero-order chi connectivity index (χ0) is 15.4. The van der Waals surface area contributed by atoms with Gasteiger partial charge in [0.05, 0.1) is 16.1 Å². The monoisotopic (exact) mass is 325 g/mol. The Morgan fingerprint density at radius 1 is 1.05 bits per heavy atom. The van der Waals surface area contributed by atoms with E-state index in [0.29, 0.717) is 10.0 Å². The molecule has 0 saturated carbocycles. The van der Waals surface area contributed by atoms with Gasteiger partial charge >= 0.3 is 0 Å². The number of hydrogen-bond donors (Lipinski definition) is 1. The fourth-order valence-electron chi connectivity index (χ4n) is 2.34. The molecule has 1 unspecified atom stereocenters. The van der Waals surface area contributed by atoms with Gasteiger partial charge in [-0.25, -0.2) is 4.39 Å². The smallest absolute Gasteiger partial charge is 0.123 e. The number of rotatable bonds is 5. The molecule has 0 spiro atoms. The molecule has 2 rings (SSSR count). The van der Waals surface area contributed by atoms with Crippen molar-refractivity contribution in [2.24, 2.45) is 0 Å². The van der Waals surface area contributed by atoms with Crippen molar-refractivity contribution < 1.29 is 4.39 Å². The van der Waals surface area contributed by atoms with Gasteiger partial charge in [-0.2, -0.15) is 0 Å². The number of aryl methyl sites for hydroxylation is 1. The predicted octanol–water partition coefficient (Wildman–Crippen LogP) is 5.53. The standard InChI is InChI=1S/C17H18Cl2FN/c1-3-6-21-17(12-4-5-15(18)16(19)10-12)13-7-11(2)8-14(20)9-13/h4-5,7-10,17,21H,3,6H2,1-2H3. The summed E-state index contributed by atoms with van der Waals surface area (Å²) < 4.78 is 13.7. The summed E-state index contributed by atoms with van der Waals surface area (Å²) in [5, 5.41) is 4.46. The van der Waals surface area contributed by atoms with E-state index in [9.17, 15) is 4.39 Å². The molecule has 0 bridgehead atoms. The molecule has 2 aromatic rings. The van der Waals surface area contributed by atoms with Crippen LogP contribution in [0.1, 0.15) is 36.1 Å². The Kier molecular flexibility index (Phi) is 5.63. The van der Waals surface area contributed by atoms with E-state index in [1.165, 1.54) is 6.07 Å². The molecule has 0 aliphatic heterocycles. The molecular weight excluding hydrogens is 308 g/mol. The minimum atomic E-state index is -0.228. The predicted molar refractivity (Wildman–Crippen MR) is 87.7 cm³/mol. The van der Waals surface area contributed by atoms with Crippen LogP contribution in [0.5, 0.6) is 0 Å².